The summed E-state index contributed by atoms with van der Waals surface area (Å²) in [6, 6.07) is 24.4. The van der Waals surface area contributed by atoms with E-state index < -0.39 is 0 Å². The summed E-state index contributed by atoms with van der Waals surface area (Å²) in [4.78, 5) is 4.85. The van der Waals surface area contributed by atoms with Gasteiger partial charge < -0.3 is 4.57 Å². The molecule has 0 aliphatic heterocycles. The zero-order chi connectivity index (χ0) is 16.5. The highest BCUT2D eigenvalue weighted by Gasteiger charge is 2.13. The number of fused-ring (bicyclic) bond motifs is 1. The molecule has 0 saturated carbocycles. The van der Waals surface area contributed by atoms with E-state index in [2.05, 4.69) is 44.8 Å². The fourth-order valence-corrected chi connectivity index (χ4v) is 3.51. The van der Waals surface area contributed by atoms with Gasteiger partial charge in [0.2, 0.25) is 0 Å². The largest absolute Gasteiger partial charge is 0.319 e. The maximum Gasteiger partial charge on any atom is 0.141 e. The highest BCUT2D eigenvalue weighted by Crippen LogP contribution is 2.28. The lowest BCUT2D eigenvalue weighted by Gasteiger charge is -2.10. The molecule has 4 aromatic rings. The van der Waals surface area contributed by atoms with E-state index in [0.29, 0.717) is 0 Å². The quantitative estimate of drug-likeness (QED) is 0.404. The van der Waals surface area contributed by atoms with Crippen molar-refractivity contribution >= 4 is 38.6 Å². The second-order valence-corrected chi connectivity index (χ2v) is 7.00. The van der Waals surface area contributed by atoms with Crippen LogP contribution in [0.4, 0.5) is 0 Å². The van der Waals surface area contributed by atoms with Gasteiger partial charge in [-0.25, -0.2) is 4.98 Å². The second-order valence-electron chi connectivity index (χ2n) is 5.65. The van der Waals surface area contributed by atoms with E-state index in [1.54, 1.807) is 0 Å². The molecular weight excluding hydrogens is 384 g/mol. The number of aromatic nitrogens is 2. The number of hydrogen-bond acceptors (Lipinski definition) is 1. The van der Waals surface area contributed by atoms with Crippen molar-refractivity contribution in [3.05, 3.63) is 87.9 Å². The number of benzene rings is 3. The highest BCUT2D eigenvalue weighted by molar-refractivity contribution is 9.10. The van der Waals surface area contributed by atoms with E-state index in [1.807, 2.05) is 48.5 Å². The minimum Gasteiger partial charge on any atom is -0.319 e. The molecule has 2 nitrogen and oxygen atoms in total. The molecule has 0 saturated heterocycles. The summed E-state index contributed by atoms with van der Waals surface area (Å²) in [5.41, 5.74) is 4.35. The Morgan fingerprint density at radius 2 is 1.75 bits per heavy atom. The summed E-state index contributed by atoms with van der Waals surface area (Å²) >= 11 is 9.70. The number of para-hydroxylation sites is 2. The molecule has 0 amide bonds. The van der Waals surface area contributed by atoms with Crippen LogP contribution in [0, 0.1) is 0 Å². The third-order valence-corrected chi connectivity index (χ3v) is 4.70. The van der Waals surface area contributed by atoms with Crippen molar-refractivity contribution in [1.82, 2.24) is 9.55 Å². The first kappa shape index (κ1) is 15.4. The predicted molar refractivity (Wildman–Crippen MR) is 103 cm³/mol. The number of rotatable bonds is 3. The molecule has 0 atom stereocenters. The molecule has 0 radical (unpaired) electrons. The maximum atomic E-state index is 6.15. The molecule has 118 valence electrons. The Bertz CT molecular complexity index is 1020. The maximum absolute atomic E-state index is 6.15. The summed E-state index contributed by atoms with van der Waals surface area (Å²) in [7, 11) is 0. The predicted octanol–water partition coefficient (Wildman–Crippen LogP) is 6.17. The van der Waals surface area contributed by atoms with Gasteiger partial charge in [0.05, 0.1) is 11.0 Å². The molecule has 0 N–H and O–H groups in total. The first-order valence-electron chi connectivity index (χ1n) is 7.66. The zero-order valence-electron chi connectivity index (χ0n) is 12.8. The van der Waals surface area contributed by atoms with E-state index in [0.717, 1.165) is 44.0 Å². The minimum atomic E-state index is 0.725. The number of nitrogens with zero attached hydrogens (tertiary/aromatic N) is 2. The van der Waals surface area contributed by atoms with Crippen LogP contribution in [-0.4, -0.2) is 9.55 Å². The van der Waals surface area contributed by atoms with Crippen molar-refractivity contribution in [3.8, 4) is 11.4 Å². The first-order chi connectivity index (χ1) is 11.7. The van der Waals surface area contributed by atoms with Crippen molar-refractivity contribution < 1.29 is 0 Å². The molecule has 0 fully saturated rings. The van der Waals surface area contributed by atoms with Crippen molar-refractivity contribution in [2.75, 3.05) is 0 Å². The van der Waals surface area contributed by atoms with Gasteiger partial charge in [0.1, 0.15) is 5.82 Å². The molecule has 0 bridgehead atoms. The Morgan fingerprint density at radius 1 is 0.917 bits per heavy atom. The second kappa shape index (κ2) is 6.42. The van der Waals surface area contributed by atoms with Gasteiger partial charge in [-0.3, -0.25) is 0 Å². The zero-order valence-corrected chi connectivity index (χ0v) is 15.1. The van der Waals surface area contributed by atoms with Gasteiger partial charge in [-0.2, -0.15) is 0 Å². The molecule has 0 spiro atoms. The van der Waals surface area contributed by atoms with E-state index in [-0.39, 0.29) is 0 Å². The van der Waals surface area contributed by atoms with Crippen molar-refractivity contribution in [1.29, 1.82) is 0 Å². The summed E-state index contributed by atoms with van der Waals surface area (Å²) in [5.74, 6) is 0.956. The molecule has 3 aromatic carbocycles. The summed E-state index contributed by atoms with van der Waals surface area (Å²) in [6.45, 7) is 0.725. The average molecular weight is 398 g/mol. The Kier molecular flexibility index (Phi) is 4.13. The molecule has 0 unspecified atom stereocenters. The first-order valence-corrected chi connectivity index (χ1v) is 8.83. The van der Waals surface area contributed by atoms with Crippen LogP contribution in [0.5, 0.6) is 0 Å². The van der Waals surface area contributed by atoms with Gasteiger partial charge in [0.15, 0.2) is 0 Å². The van der Waals surface area contributed by atoms with Crippen LogP contribution in [0.3, 0.4) is 0 Å². The van der Waals surface area contributed by atoms with E-state index >= 15 is 0 Å². The van der Waals surface area contributed by atoms with Gasteiger partial charge >= 0.3 is 0 Å². The third-order valence-electron chi connectivity index (χ3n) is 3.97. The molecule has 24 heavy (non-hydrogen) atoms. The number of halogens is 2. The molecule has 0 aliphatic rings. The lowest BCUT2D eigenvalue weighted by molar-refractivity contribution is 0.834. The lowest BCUT2D eigenvalue weighted by Crippen LogP contribution is -2.02. The van der Waals surface area contributed by atoms with Crippen LogP contribution < -0.4 is 0 Å². The summed E-state index contributed by atoms with van der Waals surface area (Å²) < 4.78 is 3.28. The normalized spacial score (nSPS) is 11.1. The molecule has 1 heterocycles. The molecule has 0 aliphatic carbocycles. The van der Waals surface area contributed by atoms with Crippen molar-refractivity contribution in [2.45, 2.75) is 6.54 Å². The van der Waals surface area contributed by atoms with Crippen molar-refractivity contribution in [2.24, 2.45) is 0 Å². The van der Waals surface area contributed by atoms with Crippen LogP contribution in [0.2, 0.25) is 5.02 Å². The number of hydrogen-bond donors (Lipinski definition) is 0. The smallest absolute Gasteiger partial charge is 0.141 e. The van der Waals surface area contributed by atoms with Gasteiger partial charge in [0, 0.05) is 21.6 Å². The topological polar surface area (TPSA) is 17.8 Å². The van der Waals surface area contributed by atoms with Gasteiger partial charge in [-0.05, 0) is 42.0 Å². The van der Waals surface area contributed by atoms with Gasteiger partial charge in [0.25, 0.3) is 0 Å². The minimum absolute atomic E-state index is 0.725. The Labute approximate surface area is 153 Å². The fraction of sp³-hybridized carbons (Fsp3) is 0.0500. The Balaban J connectivity index is 1.90. The van der Waals surface area contributed by atoms with Crippen LogP contribution in [0.1, 0.15) is 5.56 Å². The van der Waals surface area contributed by atoms with Crippen LogP contribution in [0.15, 0.2) is 77.3 Å². The highest BCUT2D eigenvalue weighted by atomic mass is 79.9. The van der Waals surface area contributed by atoms with Gasteiger partial charge in [-0.15, -0.1) is 0 Å². The monoisotopic (exact) mass is 396 g/mol. The van der Waals surface area contributed by atoms with Crippen LogP contribution in [0.25, 0.3) is 22.4 Å². The van der Waals surface area contributed by atoms with E-state index in [4.69, 9.17) is 16.6 Å². The van der Waals surface area contributed by atoms with Crippen LogP contribution >= 0.6 is 27.5 Å². The Hall–Kier alpha value is -2.10. The van der Waals surface area contributed by atoms with Crippen molar-refractivity contribution in [3.63, 3.8) is 0 Å². The fourth-order valence-electron chi connectivity index (χ4n) is 2.90. The summed E-state index contributed by atoms with van der Waals surface area (Å²) in [5, 5.41) is 0.751. The SMILES string of the molecule is Clc1cccc(Cn2c(-c3cccc(Br)c3)nc3ccccc32)c1. The lowest BCUT2D eigenvalue weighted by atomic mass is 10.2. The third kappa shape index (κ3) is 2.97. The Morgan fingerprint density at radius 3 is 2.58 bits per heavy atom. The molecule has 4 rings (SSSR count). The standard InChI is InChI=1S/C20H14BrClN2/c21-16-7-4-6-15(12-16)20-23-18-9-1-2-10-19(18)24(20)13-14-5-3-8-17(22)11-14/h1-12H,13H2. The average Bonchev–Trinajstić information content (AvgIpc) is 2.94. The van der Waals surface area contributed by atoms with E-state index in [1.165, 1.54) is 0 Å². The van der Waals surface area contributed by atoms with Gasteiger partial charge in [-0.1, -0.05) is 63.9 Å². The summed E-state index contributed by atoms with van der Waals surface area (Å²) in [6.07, 6.45) is 0. The number of imidazole rings is 1. The molecular formula is C20H14BrClN2. The van der Waals surface area contributed by atoms with Crippen LogP contribution in [-0.2, 0) is 6.54 Å². The molecule has 4 heteroatoms. The van der Waals surface area contributed by atoms with E-state index in [9.17, 15) is 0 Å². The molecule has 1 aromatic heterocycles.